The zero-order chi connectivity index (χ0) is 15.1. The van der Waals surface area contributed by atoms with Gasteiger partial charge in [-0.1, -0.05) is 11.6 Å². The van der Waals surface area contributed by atoms with E-state index in [1.807, 2.05) is 0 Å². The van der Waals surface area contributed by atoms with Crippen LogP contribution in [0.25, 0.3) is 0 Å². The second-order valence-electron chi connectivity index (χ2n) is 4.85. The van der Waals surface area contributed by atoms with Gasteiger partial charge in [-0.2, -0.15) is 23.5 Å². The number of amides is 1. The van der Waals surface area contributed by atoms with E-state index in [0.29, 0.717) is 22.3 Å². The fourth-order valence-electron chi connectivity index (χ4n) is 1.78. The van der Waals surface area contributed by atoms with E-state index in [1.165, 1.54) is 0 Å². The highest BCUT2D eigenvalue weighted by molar-refractivity contribution is 8.03. The maximum Gasteiger partial charge on any atom is 0.258 e. The Labute approximate surface area is 138 Å². The number of hydrogen-bond donors (Lipinski definition) is 2. The van der Waals surface area contributed by atoms with Crippen LogP contribution in [0.15, 0.2) is 24.3 Å². The maximum absolute atomic E-state index is 11.8. The van der Waals surface area contributed by atoms with Gasteiger partial charge in [0.2, 0.25) is 0 Å². The summed E-state index contributed by atoms with van der Waals surface area (Å²) in [5.74, 6) is 3.74. The topological polar surface area (TPSA) is 58.6 Å². The lowest BCUT2D eigenvalue weighted by molar-refractivity contribution is -0.124. The van der Waals surface area contributed by atoms with Crippen LogP contribution in [0.1, 0.15) is 0 Å². The molecule has 0 atom stereocenters. The summed E-state index contributed by atoms with van der Waals surface area (Å²) in [6.07, 6.45) is 0. The molecule has 21 heavy (non-hydrogen) atoms. The van der Waals surface area contributed by atoms with Crippen LogP contribution in [0.4, 0.5) is 0 Å². The van der Waals surface area contributed by atoms with Crippen molar-refractivity contribution < 1.29 is 14.6 Å². The number of rotatable bonds is 5. The average molecular weight is 348 g/mol. The minimum atomic E-state index is -0.832. The Morgan fingerprint density at radius 3 is 2.52 bits per heavy atom. The number of carbonyl (C=O) groups is 1. The van der Waals surface area contributed by atoms with E-state index in [1.54, 1.807) is 47.8 Å². The Kier molecular flexibility index (Phi) is 6.54. The third-order valence-electron chi connectivity index (χ3n) is 2.91. The van der Waals surface area contributed by atoms with Gasteiger partial charge in [-0.05, 0) is 24.3 Å². The second kappa shape index (κ2) is 8.17. The summed E-state index contributed by atoms with van der Waals surface area (Å²) in [5, 5.41) is 13.8. The lowest BCUT2D eigenvalue weighted by Crippen LogP contribution is -2.47. The van der Waals surface area contributed by atoms with E-state index in [2.05, 4.69) is 5.32 Å². The summed E-state index contributed by atoms with van der Waals surface area (Å²) in [7, 11) is 0. The van der Waals surface area contributed by atoms with Crippen molar-refractivity contribution in [1.29, 1.82) is 0 Å². The Morgan fingerprint density at radius 1 is 1.29 bits per heavy atom. The number of halogens is 1. The summed E-state index contributed by atoms with van der Waals surface area (Å²) >= 11 is 9.21. The highest BCUT2D eigenvalue weighted by Gasteiger charge is 2.29. The highest BCUT2D eigenvalue weighted by Crippen LogP contribution is 2.24. The molecule has 1 amide bonds. The molecule has 1 aliphatic rings. The van der Waals surface area contributed by atoms with E-state index in [9.17, 15) is 9.90 Å². The monoisotopic (exact) mass is 347 g/mol. The van der Waals surface area contributed by atoms with Crippen LogP contribution in [0.3, 0.4) is 0 Å². The van der Waals surface area contributed by atoms with Crippen molar-refractivity contribution in [1.82, 2.24) is 5.32 Å². The summed E-state index contributed by atoms with van der Waals surface area (Å²) in [5.41, 5.74) is -0.832. The van der Waals surface area contributed by atoms with E-state index in [4.69, 9.17) is 16.3 Å². The number of benzene rings is 1. The molecule has 1 heterocycles. The van der Waals surface area contributed by atoms with Gasteiger partial charge in [0.25, 0.3) is 5.91 Å². The SMILES string of the molecule is O=C(COc1ccc(Cl)cc1)NCC1(O)CSCCSC1. The number of nitrogens with one attached hydrogen (secondary N) is 1. The van der Waals surface area contributed by atoms with Crippen molar-refractivity contribution in [2.75, 3.05) is 36.2 Å². The normalized spacial score (nSPS) is 17.8. The predicted octanol–water partition coefficient (Wildman–Crippen LogP) is 2.05. The van der Waals surface area contributed by atoms with E-state index >= 15 is 0 Å². The fourth-order valence-corrected chi connectivity index (χ4v) is 4.43. The summed E-state index contributed by atoms with van der Waals surface area (Å²) in [6, 6.07) is 6.83. The van der Waals surface area contributed by atoms with Gasteiger partial charge in [0, 0.05) is 34.6 Å². The molecule has 0 saturated carbocycles. The van der Waals surface area contributed by atoms with Gasteiger partial charge in [0.15, 0.2) is 6.61 Å². The molecule has 0 aliphatic carbocycles. The molecule has 1 saturated heterocycles. The maximum atomic E-state index is 11.8. The predicted molar refractivity (Wildman–Crippen MR) is 89.6 cm³/mol. The van der Waals surface area contributed by atoms with Crippen LogP contribution in [-0.4, -0.2) is 52.8 Å². The smallest absolute Gasteiger partial charge is 0.258 e. The number of aliphatic hydroxyl groups is 1. The Morgan fingerprint density at radius 2 is 1.90 bits per heavy atom. The number of hydrogen-bond acceptors (Lipinski definition) is 5. The zero-order valence-electron chi connectivity index (χ0n) is 11.5. The van der Waals surface area contributed by atoms with Crippen molar-refractivity contribution in [2.45, 2.75) is 5.60 Å². The van der Waals surface area contributed by atoms with Gasteiger partial charge in [-0.3, -0.25) is 4.79 Å². The van der Waals surface area contributed by atoms with Crippen molar-refractivity contribution in [2.24, 2.45) is 0 Å². The second-order valence-corrected chi connectivity index (χ2v) is 7.50. The molecule has 0 radical (unpaired) electrons. The first-order chi connectivity index (χ1) is 10.1. The Balaban J connectivity index is 1.72. The van der Waals surface area contributed by atoms with Crippen LogP contribution >= 0.6 is 35.1 Å². The fraction of sp³-hybridized carbons (Fsp3) is 0.500. The van der Waals surface area contributed by atoms with E-state index in [0.717, 1.165) is 11.5 Å². The minimum Gasteiger partial charge on any atom is -0.484 e. The van der Waals surface area contributed by atoms with Crippen LogP contribution in [0.2, 0.25) is 5.02 Å². The summed E-state index contributed by atoms with van der Waals surface area (Å²) < 4.78 is 5.36. The molecule has 1 aromatic carbocycles. The molecular weight excluding hydrogens is 330 g/mol. The zero-order valence-corrected chi connectivity index (χ0v) is 13.9. The molecular formula is C14H18ClNO3S2. The van der Waals surface area contributed by atoms with E-state index in [-0.39, 0.29) is 19.1 Å². The molecule has 0 aromatic heterocycles. The third kappa shape index (κ3) is 5.98. The molecule has 1 fully saturated rings. The highest BCUT2D eigenvalue weighted by atomic mass is 35.5. The Bertz CT molecular complexity index is 462. The van der Waals surface area contributed by atoms with Gasteiger partial charge in [0.1, 0.15) is 5.75 Å². The van der Waals surface area contributed by atoms with Gasteiger partial charge in [0.05, 0.1) is 5.60 Å². The lowest BCUT2D eigenvalue weighted by Gasteiger charge is -2.25. The van der Waals surface area contributed by atoms with Gasteiger partial charge < -0.3 is 15.2 Å². The molecule has 0 unspecified atom stereocenters. The van der Waals surface area contributed by atoms with Gasteiger partial charge >= 0.3 is 0 Å². The van der Waals surface area contributed by atoms with Crippen molar-refractivity contribution in [3.63, 3.8) is 0 Å². The van der Waals surface area contributed by atoms with Gasteiger partial charge in [-0.25, -0.2) is 0 Å². The van der Waals surface area contributed by atoms with E-state index < -0.39 is 5.60 Å². The standard InChI is InChI=1S/C14H18ClNO3S2/c15-11-1-3-12(4-2-11)19-7-13(17)16-8-14(18)9-20-5-6-21-10-14/h1-4,18H,5-10H2,(H,16,17). The molecule has 2 rings (SSSR count). The molecule has 1 aromatic rings. The third-order valence-corrected chi connectivity index (χ3v) is 5.89. The lowest BCUT2D eigenvalue weighted by atomic mass is 10.1. The molecule has 2 N–H and O–H groups in total. The molecule has 0 bridgehead atoms. The van der Waals surface area contributed by atoms with Crippen molar-refractivity contribution in [3.8, 4) is 5.75 Å². The largest absolute Gasteiger partial charge is 0.484 e. The van der Waals surface area contributed by atoms with Crippen molar-refractivity contribution in [3.05, 3.63) is 29.3 Å². The van der Waals surface area contributed by atoms with Gasteiger partial charge in [-0.15, -0.1) is 0 Å². The number of carbonyl (C=O) groups excluding carboxylic acids is 1. The minimum absolute atomic E-state index is 0.0714. The average Bonchev–Trinajstić information content (AvgIpc) is 2.70. The van der Waals surface area contributed by atoms with Crippen LogP contribution < -0.4 is 10.1 Å². The molecule has 116 valence electrons. The number of ether oxygens (including phenoxy) is 1. The molecule has 7 heteroatoms. The number of thioether (sulfide) groups is 2. The molecule has 4 nitrogen and oxygen atoms in total. The van der Waals surface area contributed by atoms with Crippen LogP contribution in [0, 0.1) is 0 Å². The molecule has 0 spiro atoms. The first-order valence-electron chi connectivity index (χ1n) is 6.60. The first-order valence-corrected chi connectivity index (χ1v) is 9.29. The quantitative estimate of drug-likeness (QED) is 0.853. The summed E-state index contributed by atoms with van der Waals surface area (Å²) in [4.78, 5) is 11.8. The summed E-state index contributed by atoms with van der Waals surface area (Å²) in [6.45, 7) is 0.188. The Hall–Kier alpha value is -0.560. The van der Waals surface area contributed by atoms with Crippen LogP contribution in [-0.2, 0) is 4.79 Å². The van der Waals surface area contributed by atoms with Crippen LogP contribution in [0.5, 0.6) is 5.75 Å². The van der Waals surface area contributed by atoms with Crippen molar-refractivity contribution >= 4 is 41.0 Å². The first kappa shape index (κ1) is 16.8. The molecule has 1 aliphatic heterocycles.